The molecular formula is C11H12Br2O3. The van der Waals surface area contributed by atoms with Gasteiger partial charge in [0.25, 0.3) is 0 Å². The fourth-order valence-electron chi connectivity index (χ4n) is 1.12. The summed E-state index contributed by atoms with van der Waals surface area (Å²) in [5.74, 6) is 0.171. The minimum Gasteiger partial charge on any atom is -0.475 e. The minimum atomic E-state index is -1.02. The van der Waals surface area contributed by atoms with E-state index in [1.54, 1.807) is 19.9 Å². The predicted molar refractivity (Wildman–Crippen MR) is 68.6 cm³/mol. The second kappa shape index (κ2) is 5.19. The van der Waals surface area contributed by atoms with Gasteiger partial charge in [-0.3, -0.25) is 0 Å². The molecule has 0 aliphatic rings. The molecule has 0 aliphatic heterocycles. The summed E-state index contributed by atoms with van der Waals surface area (Å²) in [5.41, 5.74) is -1.02. The Balaban J connectivity index is 2.95. The highest BCUT2D eigenvalue weighted by molar-refractivity contribution is 9.11. The van der Waals surface area contributed by atoms with Crippen molar-refractivity contribution >= 4 is 37.8 Å². The van der Waals surface area contributed by atoms with Gasteiger partial charge < -0.3 is 9.47 Å². The fourth-order valence-corrected chi connectivity index (χ4v) is 1.79. The van der Waals surface area contributed by atoms with E-state index < -0.39 is 11.6 Å². The third kappa shape index (κ3) is 3.22. The molecule has 5 heteroatoms. The van der Waals surface area contributed by atoms with Crippen molar-refractivity contribution in [3.63, 3.8) is 0 Å². The van der Waals surface area contributed by atoms with E-state index in [0.29, 0.717) is 5.75 Å². The number of ether oxygens (including phenoxy) is 2. The Kier molecular flexibility index (Phi) is 4.38. The highest BCUT2D eigenvalue weighted by Gasteiger charge is 2.31. The maximum atomic E-state index is 11.5. The molecule has 3 nitrogen and oxygen atoms in total. The first-order chi connectivity index (χ1) is 7.36. The molecule has 16 heavy (non-hydrogen) atoms. The van der Waals surface area contributed by atoms with E-state index in [1.807, 2.05) is 12.1 Å². The highest BCUT2D eigenvalue weighted by atomic mass is 79.9. The summed E-state index contributed by atoms with van der Waals surface area (Å²) in [5, 5.41) is 0. The molecule has 1 aromatic rings. The van der Waals surface area contributed by atoms with Crippen molar-refractivity contribution in [3.8, 4) is 5.75 Å². The number of benzene rings is 1. The predicted octanol–water partition coefficient (Wildman–Crippen LogP) is 3.54. The van der Waals surface area contributed by atoms with Crippen molar-refractivity contribution in [2.45, 2.75) is 19.4 Å². The second-order valence-corrected chi connectivity index (χ2v) is 5.45. The van der Waals surface area contributed by atoms with Crippen LogP contribution in [-0.4, -0.2) is 18.7 Å². The van der Waals surface area contributed by atoms with Crippen molar-refractivity contribution in [1.29, 1.82) is 0 Å². The van der Waals surface area contributed by atoms with Crippen molar-refractivity contribution in [3.05, 3.63) is 27.1 Å². The summed E-state index contributed by atoms with van der Waals surface area (Å²) < 4.78 is 11.9. The average molecular weight is 352 g/mol. The van der Waals surface area contributed by atoms with Gasteiger partial charge in [0.05, 0.1) is 11.6 Å². The van der Waals surface area contributed by atoms with Crippen LogP contribution in [0.15, 0.2) is 27.1 Å². The maximum absolute atomic E-state index is 11.5. The molecule has 0 amide bonds. The second-order valence-electron chi connectivity index (χ2n) is 3.68. The lowest BCUT2D eigenvalue weighted by Gasteiger charge is -2.24. The average Bonchev–Trinajstić information content (AvgIpc) is 2.22. The van der Waals surface area contributed by atoms with Crippen LogP contribution in [0.3, 0.4) is 0 Å². The SMILES string of the molecule is COC(=O)C(C)(C)Oc1cc(Br)ccc1Br. The molecule has 1 aromatic carbocycles. The topological polar surface area (TPSA) is 35.5 Å². The summed E-state index contributed by atoms with van der Waals surface area (Å²) in [7, 11) is 1.34. The third-order valence-electron chi connectivity index (χ3n) is 1.94. The molecule has 0 N–H and O–H groups in total. The van der Waals surface area contributed by atoms with Gasteiger partial charge in [0.15, 0.2) is 5.60 Å². The molecule has 88 valence electrons. The lowest BCUT2D eigenvalue weighted by atomic mass is 10.1. The van der Waals surface area contributed by atoms with Gasteiger partial charge in [-0.05, 0) is 48.0 Å². The molecule has 0 fully saturated rings. The number of carbonyl (C=O) groups is 1. The summed E-state index contributed by atoms with van der Waals surface area (Å²) >= 11 is 6.70. The van der Waals surface area contributed by atoms with Gasteiger partial charge in [0, 0.05) is 4.47 Å². The van der Waals surface area contributed by atoms with Gasteiger partial charge in [0.1, 0.15) is 5.75 Å². The molecule has 0 radical (unpaired) electrons. The van der Waals surface area contributed by atoms with E-state index in [2.05, 4.69) is 36.6 Å². The van der Waals surface area contributed by atoms with Crippen molar-refractivity contribution in [1.82, 2.24) is 0 Å². The molecule has 0 spiro atoms. The molecule has 1 rings (SSSR count). The third-order valence-corrected chi connectivity index (χ3v) is 3.08. The van der Waals surface area contributed by atoms with Crippen molar-refractivity contribution < 1.29 is 14.3 Å². The van der Waals surface area contributed by atoms with Gasteiger partial charge in [-0.15, -0.1) is 0 Å². The number of methoxy groups -OCH3 is 1. The van der Waals surface area contributed by atoms with Crippen LogP contribution in [0.25, 0.3) is 0 Å². The molecule has 0 saturated heterocycles. The van der Waals surface area contributed by atoms with Crippen LogP contribution in [0.5, 0.6) is 5.75 Å². The number of hydrogen-bond donors (Lipinski definition) is 0. The molecule has 0 aromatic heterocycles. The largest absolute Gasteiger partial charge is 0.475 e. The molecular weight excluding hydrogens is 340 g/mol. The summed E-state index contributed by atoms with van der Waals surface area (Å²) in [6.07, 6.45) is 0. The van der Waals surface area contributed by atoms with Gasteiger partial charge in [-0.25, -0.2) is 4.79 Å². The maximum Gasteiger partial charge on any atom is 0.349 e. The summed E-state index contributed by atoms with van der Waals surface area (Å²) in [6, 6.07) is 5.50. The van der Waals surface area contributed by atoms with Gasteiger partial charge in [-0.2, -0.15) is 0 Å². The zero-order chi connectivity index (χ0) is 12.3. The number of rotatable bonds is 3. The van der Waals surface area contributed by atoms with E-state index >= 15 is 0 Å². The Morgan fingerprint density at radius 2 is 1.94 bits per heavy atom. The fraction of sp³-hybridized carbons (Fsp3) is 0.364. The smallest absolute Gasteiger partial charge is 0.349 e. The molecule has 0 unspecified atom stereocenters. The van der Waals surface area contributed by atoms with Crippen LogP contribution in [0.2, 0.25) is 0 Å². The lowest BCUT2D eigenvalue weighted by Crippen LogP contribution is -2.39. The first-order valence-corrected chi connectivity index (χ1v) is 6.18. The van der Waals surface area contributed by atoms with Gasteiger partial charge >= 0.3 is 5.97 Å². The summed E-state index contributed by atoms with van der Waals surface area (Å²) in [6.45, 7) is 3.32. The van der Waals surface area contributed by atoms with Crippen molar-refractivity contribution in [2.75, 3.05) is 7.11 Å². The van der Waals surface area contributed by atoms with Crippen molar-refractivity contribution in [2.24, 2.45) is 0 Å². The normalized spacial score (nSPS) is 11.1. The lowest BCUT2D eigenvalue weighted by molar-refractivity contribution is -0.156. The van der Waals surface area contributed by atoms with E-state index in [4.69, 9.17) is 4.74 Å². The zero-order valence-electron chi connectivity index (χ0n) is 9.21. The quantitative estimate of drug-likeness (QED) is 0.781. The Morgan fingerprint density at radius 1 is 1.31 bits per heavy atom. The number of hydrogen-bond acceptors (Lipinski definition) is 3. The van der Waals surface area contributed by atoms with Gasteiger partial charge in [0.2, 0.25) is 0 Å². The molecule has 0 atom stereocenters. The van der Waals surface area contributed by atoms with Gasteiger partial charge in [-0.1, -0.05) is 15.9 Å². The van der Waals surface area contributed by atoms with Crippen LogP contribution >= 0.6 is 31.9 Å². The standard InChI is InChI=1S/C11H12Br2O3/c1-11(2,10(14)15-3)16-9-6-7(12)4-5-8(9)13/h4-6H,1-3H3. The van der Waals surface area contributed by atoms with E-state index in [-0.39, 0.29) is 0 Å². The minimum absolute atomic E-state index is 0.417. The summed E-state index contributed by atoms with van der Waals surface area (Å²) in [4.78, 5) is 11.5. The van der Waals surface area contributed by atoms with Crippen LogP contribution in [-0.2, 0) is 9.53 Å². The zero-order valence-corrected chi connectivity index (χ0v) is 12.4. The highest BCUT2D eigenvalue weighted by Crippen LogP contribution is 2.31. The first kappa shape index (κ1) is 13.5. The molecule has 0 aliphatic carbocycles. The number of halogens is 2. The Bertz CT molecular complexity index is 402. The Labute approximate surface area is 111 Å². The number of esters is 1. The molecule has 0 bridgehead atoms. The van der Waals surface area contributed by atoms with Crippen LogP contribution < -0.4 is 4.74 Å². The van der Waals surface area contributed by atoms with E-state index in [0.717, 1.165) is 8.95 Å². The van der Waals surface area contributed by atoms with Crippen LogP contribution in [0.1, 0.15) is 13.8 Å². The molecule has 0 heterocycles. The number of carbonyl (C=O) groups excluding carboxylic acids is 1. The Morgan fingerprint density at radius 3 is 2.50 bits per heavy atom. The Hall–Kier alpha value is -0.550. The van der Waals surface area contributed by atoms with E-state index in [9.17, 15) is 4.79 Å². The van der Waals surface area contributed by atoms with E-state index in [1.165, 1.54) is 7.11 Å². The first-order valence-electron chi connectivity index (χ1n) is 4.59. The monoisotopic (exact) mass is 350 g/mol. The van der Waals surface area contributed by atoms with Crippen LogP contribution in [0, 0.1) is 0 Å². The molecule has 0 saturated carbocycles. The van der Waals surface area contributed by atoms with Crippen LogP contribution in [0.4, 0.5) is 0 Å².